The quantitative estimate of drug-likeness (QED) is 0.899. The van der Waals surface area contributed by atoms with Crippen LogP contribution in [0.25, 0.3) is 0 Å². The number of nitrogens with zero attached hydrogens (tertiary/aromatic N) is 4. The van der Waals surface area contributed by atoms with Crippen LogP contribution < -0.4 is 10.6 Å². The number of hydrogen-bond donors (Lipinski definition) is 1. The number of fused-ring (bicyclic) bond motifs is 1. The van der Waals surface area contributed by atoms with Gasteiger partial charge in [-0.2, -0.15) is 0 Å². The SMILES string of the molecule is CC1Cc2ccccc2N1C(=O)Cn1cc(CCN)nn1. The highest BCUT2D eigenvalue weighted by Crippen LogP contribution is 2.31. The number of carbonyl (C=O) groups excluding carboxylic acids is 1. The fourth-order valence-corrected chi connectivity index (χ4v) is 2.84. The molecule has 1 aliphatic rings. The molecule has 2 heterocycles. The van der Waals surface area contributed by atoms with Gasteiger partial charge in [-0.3, -0.25) is 4.79 Å². The summed E-state index contributed by atoms with van der Waals surface area (Å²) in [4.78, 5) is 14.4. The Kier molecular flexibility index (Phi) is 3.70. The average Bonchev–Trinajstić information content (AvgIpc) is 3.02. The van der Waals surface area contributed by atoms with Crippen molar-refractivity contribution in [1.29, 1.82) is 0 Å². The molecule has 1 aromatic carbocycles. The van der Waals surface area contributed by atoms with Gasteiger partial charge in [0, 0.05) is 24.3 Å². The summed E-state index contributed by atoms with van der Waals surface area (Å²) in [7, 11) is 0. The largest absolute Gasteiger partial charge is 0.330 e. The zero-order valence-corrected chi connectivity index (χ0v) is 12.1. The van der Waals surface area contributed by atoms with Gasteiger partial charge in [-0.15, -0.1) is 5.10 Å². The first-order chi connectivity index (χ1) is 10.2. The second kappa shape index (κ2) is 5.65. The summed E-state index contributed by atoms with van der Waals surface area (Å²) >= 11 is 0. The molecule has 0 fully saturated rings. The van der Waals surface area contributed by atoms with Gasteiger partial charge < -0.3 is 10.6 Å². The van der Waals surface area contributed by atoms with Crippen LogP contribution in [0.4, 0.5) is 5.69 Å². The van der Waals surface area contributed by atoms with E-state index in [1.165, 1.54) is 5.56 Å². The third-order valence-electron chi connectivity index (χ3n) is 3.76. The minimum Gasteiger partial charge on any atom is -0.330 e. The number of benzene rings is 1. The molecule has 2 N–H and O–H groups in total. The Morgan fingerprint density at radius 2 is 2.24 bits per heavy atom. The molecule has 0 spiro atoms. The first-order valence-electron chi connectivity index (χ1n) is 7.18. The number of amides is 1. The number of nitrogens with two attached hydrogens (primary N) is 1. The summed E-state index contributed by atoms with van der Waals surface area (Å²) in [6, 6.07) is 8.23. The number of para-hydroxylation sites is 1. The molecule has 110 valence electrons. The minimum atomic E-state index is 0.0386. The van der Waals surface area contributed by atoms with Gasteiger partial charge in [0.2, 0.25) is 5.91 Å². The summed E-state index contributed by atoms with van der Waals surface area (Å²) in [5.41, 5.74) is 8.54. The molecule has 1 amide bonds. The number of aromatic nitrogens is 3. The van der Waals surface area contributed by atoms with Crippen LogP contribution in [0.15, 0.2) is 30.5 Å². The molecule has 0 radical (unpaired) electrons. The molecule has 0 bridgehead atoms. The van der Waals surface area contributed by atoms with Crippen molar-refractivity contribution in [2.24, 2.45) is 5.73 Å². The van der Waals surface area contributed by atoms with Crippen LogP contribution in [0.5, 0.6) is 0 Å². The Morgan fingerprint density at radius 3 is 3.05 bits per heavy atom. The van der Waals surface area contributed by atoms with E-state index in [4.69, 9.17) is 5.73 Å². The van der Waals surface area contributed by atoms with Crippen LogP contribution in [0.1, 0.15) is 18.2 Å². The second-order valence-corrected chi connectivity index (χ2v) is 5.39. The number of rotatable bonds is 4. The molecular weight excluding hydrogens is 266 g/mol. The number of anilines is 1. The first-order valence-corrected chi connectivity index (χ1v) is 7.18. The molecule has 6 heteroatoms. The van der Waals surface area contributed by atoms with Gasteiger partial charge in [-0.05, 0) is 31.5 Å². The van der Waals surface area contributed by atoms with Crippen LogP contribution in [0.2, 0.25) is 0 Å². The van der Waals surface area contributed by atoms with Crippen LogP contribution in [-0.2, 0) is 24.2 Å². The van der Waals surface area contributed by atoms with Crippen molar-refractivity contribution < 1.29 is 4.79 Å². The highest BCUT2D eigenvalue weighted by atomic mass is 16.2. The fraction of sp³-hybridized carbons (Fsp3) is 0.400. The van der Waals surface area contributed by atoms with Gasteiger partial charge in [0.25, 0.3) is 0 Å². The van der Waals surface area contributed by atoms with E-state index in [1.807, 2.05) is 23.1 Å². The molecule has 0 aliphatic carbocycles. The molecule has 1 atom stereocenters. The van der Waals surface area contributed by atoms with Gasteiger partial charge in [0.1, 0.15) is 6.54 Å². The molecule has 2 aromatic rings. The van der Waals surface area contributed by atoms with Crippen molar-refractivity contribution in [2.75, 3.05) is 11.4 Å². The molecule has 3 rings (SSSR count). The van der Waals surface area contributed by atoms with Crippen molar-refractivity contribution in [1.82, 2.24) is 15.0 Å². The van der Waals surface area contributed by atoms with Crippen LogP contribution in [0, 0.1) is 0 Å². The van der Waals surface area contributed by atoms with Gasteiger partial charge in [0.05, 0.1) is 5.69 Å². The lowest BCUT2D eigenvalue weighted by molar-refractivity contribution is -0.119. The van der Waals surface area contributed by atoms with Crippen molar-refractivity contribution in [3.8, 4) is 0 Å². The second-order valence-electron chi connectivity index (χ2n) is 5.39. The Morgan fingerprint density at radius 1 is 1.43 bits per heavy atom. The maximum atomic E-state index is 12.6. The number of carbonyl (C=O) groups is 1. The molecular formula is C15H19N5O. The highest BCUT2D eigenvalue weighted by molar-refractivity contribution is 5.95. The third kappa shape index (κ3) is 2.67. The van der Waals surface area contributed by atoms with Crippen molar-refractivity contribution in [3.05, 3.63) is 41.7 Å². The summed E-state index contributed by atoms with van der Waals surface area (Å²) in [6.45, 7) is 2.80. The lowest BCUT2D eigenvalue weighted by Gasteiger charge is -2.22. The summed E-state index contributed by atoms with van der Waals surface area (Å²) in [6.07, 6.45) is 3.37. The molecule has 0 saturated heterocycles. The summed E-state index contributed by atoms with van der Waals surface area (Å²) in [5.74, 6) is 0.0386. The molecule has 6 nitrogen and oxygen atoms in total. The fourth-order valence-electron chi connectivity index (χ4n) is 2.84. The molecule has 1 aliphatic heterocycles. The van der Waals surface area contributed by atoms with Crippen LogP contribution >= 0.6 is 0 Å². The Labute approximate surface area is 123 Å². The summed E-state index contributed by atoms with van der Waals surface area (Å²) < 4.78 is 1.58. The maximum Gasteiger partial charge on any atom is 0.249 e. The lowest BCUT2D eigenvalue weighted by atomic mass is 10.1. The van der Waals surface area contributed by atoms with Gasteiger partial charge >= 0.3 is 0 Å². The predicted octanol–water partition coefficient (Wildman–Crippen LogP) is 0.757. The van der Waals surface area contributed by atoms with Gasteiger partial charge in [-0.1, -0.05) is 23.4 Å². The standard InChI is InChI=1S/C15H19N5O/c1-11-8-12-4-2-3-5-14(12)20(11)15(21)10-19-9-13(6-7-16)17-18-19/h2-5,9,11H,6-8,10,16H2,1H3. The predicted molar refractivity (Wildman–Crippen MR) is 79.9 cm³/mol. The van der Waals surface area contributed by atoms with E-state index >= 15 is 0 Å². The van der Waals surface area contributed by atoms with E-state index in [0.717, 1.165) is 17.8 Å². The van der Waals surface area contributed by atoms with Crippen molar-refractivity contribution in [3.63, 3.8) is 0 Å². The van der Waals surface area contributed by atoms with Crippen molar-refractivity contribution in [2.45, 2.75) is 32.4 Å². The normalized spacial score (nSPS) is 17.0. The number of hydrogen-bond acceptors (Lipinski definition) is 4. The van der Waals surface area contributed by atoms with Gasteiger partial charge in [0.15, 0.2) is 0 Å². The summed E-state index contributed by atoms with van der Waals surface area (Å²) in [5, 5.41) is 8.00. The lowest BCUT2D eigenvalue weighted by Crippen LogP contribution is -2.38. The average molecular weight is 285 g/mol. The Bertz CT molecular complexity index is 651. The Hall–Kier alpha value is -2.21. The van der Waals surface area contributed by atoms with Crippen LogP contribution in [0.3, 0.4) is 0 Å². The zero-order valence-electron chi connectivity index (χ0n) is 12.1. The smallest absolute Gasteiger partial charge is 0.249 e. The molecule has 0 saturated carbocycles. The first kappa shape index (κ1) is 13.8. The van der Waals surface area contributed by atoms with E-state index in [0.29, 0.717) is 13.0 Å². The van der Waals surface area contributed by atoms with Crippen molar-refractivity contribution >= 4 is 11.6 Å². The minimum absolute atomic E-state index is 0.0386. The van der Waals surface area contributed by atoms with E-state index in [-0.39, 0.29) is 18.5 Å². The highest BCUT2D eigenvalue weighted by Gasteiger charge is 2.30. The zero-order chi connectivity index (χ0) is 14.8. The van der Waals surface area contributed by atoms with Crippen LogP contribution in [-0.4, -0.2) is 33.5 Å². The van der Waals surface area contributed by atoms with E-state index in [2.05, 4.69) is 23.3 Å². The molecule has 1 unspecified atom stereocenters. The molecule has 21 heavy (non-hydrogen) atoms. The maximum absolute atomic E-state index is 12.6. The Balaban J connectivity index is 1.76. The van der Waals surface area contributed by atoms with Gasteiger partial charge in [-0.25, -0.2) is 4.68 Å². The molecule has 1 aromatic heterocycles. The van der Waals surface area contributed by atoms with E-state index in [1.54, 1.807) is 10.9 Å². The van der Waals surface area contributed by atoms with E-state index < -0.39 is 0 Å². The van der Waals surface area contributed by atoms with E-state index in [9.17, 15) is 4.79 Å². The third-order valence-corrected chi connectivity index (χ3v) is 3.76. The topological polar surface area (TPSA) is 77.0 Å². The monoisotopic (exact) mass is 285 g/mol.